The number of carbonyl (C=O) groups is 1. The van der Waals surface area contributed by atoms with Crippen LogP contribution in [0, 0.1) is 0 Å². The van der Waals surface area contributed by atoms with Gasteiger partial charge in [0.05, 0.1) is 13.2 Å². The van der Waals surface area contributed by atoms with E-state index in [9.17, 15) is 4.79 Å². The Morgan fingerprint density at radius 2 is 1.56 bits per heavy atom. The smallest absolute Gasteiger partial charge is 0.328 e. The number of hydrogen-bond donors (Lipinski definition) is 1. The van der Waals surface area contributed by atoms with E-state index in [-0.39, 0.29) is 11.1 Å². The molecule has 2 aromatic rings. The van der Waals surface area contributed by atoms with Crippen molar-refractivity contribution >= 4 is 24.7 Å². The molecule has 0 bridgehead atoms. The number of ether oxygens (including phenoxy) is 2. The van der Waals surface area contributed by atoms with Gasteiger partial charge in [-0.2, -0.15) is 0 Å². The standard InChI is InChI=1S/C26H34O5Si/c1-21(15-17-26(18-16-24(27)28)29-19-20-30-26)31-32(25(2,3)4,22-11-7-5-8-12-22)23-13-9-6-10-14-23/h5-14,16,18,21H,15,17,19-20H2,1-4H3,(H,27,28)/b18-16+/t21-/m0/s1. The van der Waals surface area contributed by atoms with Crippen molar-refractivity contribution < 1.29 is 23.8 Å². The highest BCUT2D eigenvalue weighted by Crippen LogP contribution is 2.38. The summed E-state index contributed by atoms with van der Waals surface area (Å²) >= 11 is 0. The number of aliphatic carboxylic acids is 1. The maximum absolute atomic E-state index is 11.0. The zero-order valence-electron chi connectivity index (χ0n) is 19.4. The van der Waals surface area contributed by atoms with Crippen LogP contribution in [0.5, 0.6) is 0 Å². The van der Waals surface area contributed by atoms with Crippen LogP contribution < -0.4 is 10.4 Å². The molecule has 0 aliphatic carbocycles. The number of carboxylic acid groups (broad SMARTS) is 1. The molecule has 1 fully saturated rings. The third-order valence-electron chi connectivity index (χ3n) is 5.95. The van der Waals surface area contributed by atoms with Crippen molar-refractivity contribution in [1.29, 1.82) is 0 Å². The van der Waals surface area contributed by atoms with Crippen molar-refractivity contribution in [3.8, 4) is 0 Å². The molecule has 1 atom stereocenters. The Hall–Kier alpha value is -2.25. The summed E-state index contributed by atoms with van der Waals surface area (Å²) in [6.07, 6.45) is 3.73. The molecule has 0 radical (unpaired) electrons. The molecule has 1 aliphatic heterocycles. The quantitative estimate of drug-likeness (QED) is 0.456. The van der Waals surface area contributed by atoms with E-state index >= 15 is 0 Å². The monoisotopic (exact) mass is 454 g/mol. The van der Waals surface area contributed by atoms with E-state index in [0.29, 0.717) is 26.1 Å². The summed E-state index contributed by atoms with van der Waals surface area (Å²) in [5, 5.41) is 11.4. The van der Waals surface area contributed by atoms with Gasteiger partial charge in [-0.1, -0.05) is 81.4 Å². The van der Waals surface area contributed by atoms with Crippen LogP contribution in [0.15, 0.2) is 72.8 Å². The lowest BCUT2D eigenvalue weighted by molar-refractivity contribution is -0.134. The molecule has 1 aliphatic rings. The van der Waals surface area contributed by atoms with E-state index in [1.807, 2.05) is 12.1 Å². The Morgan fingerprint density at radius 3 is 2.00 bits per heavy atom. The third-order valence-corrected chi connectivity index (χ3v) is 11.1. The van der Waals surface area contributed by atoms with Crippen LogP contribution in [0.4, 0.5) is 0 Å². The molecule has 3 rings (SSSR count). The van der Waals surface area contributed by atoms with E-state index in [2.05, 4.69) is 76.2 Å². The lowest BCUT2D eigenvalue weighted by Crippen LogP contribution is -2.67. The lowest BCUT2D eigenvalue weighted by Gasteiger charge is -2.45. The molecule has 0 amide bonds. The first-order valence-corrected chi connectivity index (χ1v) is 13.1. The summed E-state index contributed by atoms with van der Waals surface area (Å²) in [5.74, 6) is -2.01. The molecule has 0 spiro atoms. The molecular weight excluding hydrogens is 420 g/mol. The van der Waals surface area contributed by atoms with Gasteiger partial charge in [0, 0.05) is 18.6 Å². The van der Waals surface area contributed by atoms with Crippen LogP contribution in [-0.2, 0) is 18.7 Å². The van der Waals surface area contributed by atoms with Crippen LogP contribution in [0.2, 0.25) is 5.04 Å². The molecule has 172 valence electrons. The predicted molar refractivity (Wildman–Crippen MR) is 129 cm³/mol. The Kier molecular flexibility index (Phi) is 7.72. The van der Waals surface area contributed by atoms with Crippen LogP contribution in [0.3, 0.4) is 0 Å². The van der Waals surface area contributed by atoms with Gasteiger partial charge in [-0.25, -0.2) is 4.79 Å². The molecule has 6 heteroatoms. The fourth-order valence-corrected chi connectivity index (χ4v) is 9.19. The van der Waals surface area contributed by atoms with Gasteiger partial charge in [-0.3, -0.25) is 0 Å². The highest BCUT2D eigenvalue weighted by atomic mass is 28.4. The molecule has 0 unspecified atom stereocenters. The van der Waals surface area contributed by atoms with Gasteiger partial charge in [-0.05, 0) is 34.8 Å². The number of rotatable bonds is 9. The Balaban J connectivity index is 1.91. The van der Waals surface area contributed by atoms with Gasteiger partial charge in [-0.15, -0.1) is 0 Å². The average Bonchev–Trinajstić information content (AvgIpc) is 3.24. The van der Waals surface area contributed by atoms with Crippen molar-refractivity contribution in [3.63, 3.8) is 0 Å². The minimum atomic E-state index is -2.64. The minimum absolute atomic E-state index is 0.0794. The van der Waals surface area contributed by atoms with Gasteiger partial charge < -0.3 is 19.0 Å². The second-order valence-electron chi connectivity index (χ2n) is 9.31. The van der Waals surface area contributed by atoms with E-state index in [1.165, 1.54) is 16.4 Å². The summed E-state index contributed by atoms with van der Waals surface area (Å²) in [6, 6.07) is 21.1. The molecule has 0 saturated carbocycles. The first kappa shape index (κ1) is 24.4. The van der Waals surface area contributed by atoms with Crippen molar-refractivity contribution in [2.75, 3.05) is 13.2 Å². The summed E-state index contributed by atoms with van der Waals surface area (Å²) < 4.78 is 18.7. The molecule has 32 heavy (non-hydrogen) atoms. The van der Waals surface area contributed by atoms with Crippen molar-refractivity contribution in [1.82, 2.24) is 0 Å². The fourth-order valence-electron chi connectivity index (χ4n) is 4.45. The van der Waals surface area contributed by atoms with E-state index < -0.39 is 20.1 Å². The van der Waals surface area contributed by atoms with Gasteiger partial charge in [0.15, 0.2) is 5.79 Å². The normalized spacial score (nSPS) is 17.5. The molecule has 1 heterocycles. The van der Waals surface area contributed by atoms with Gasteiger partial charge in [0.1, 0.15) is 0 Å². The maximum atomic E-state index is 11.0. The van der Waals surface area contributed by atoms with Crippen molar-refractivity contribution in [3.05, 3.63) is 72.8 Å². The zero-order chi connectivity index (χ0) is 23.2. The highest BCUT2D eigenvalue weighted by molar-refractivity contribution is 6.99. The second kappa shape index (κ2) is 10.1. The molecule has 5 nitrogen and oxygen atoms in total. The number of carboxylic acids is 1. The first-order valence-electron chi connectivity index (χ1n) is 11.2. The lowest BCUT2D eigenvalue weighted by atomic mass is 10.1. The van der Waals surface area contributed by atoms with Crippen molar-refractivity contribution in [2.24, 2.45) is 0 Å². The van der Waals surface area contributed by atoms with E-state index in [1.54, 1.807) is 0 Å². The number of benzene rings is 2. The summed E-state index contributed by atoms with van der Waals surface area (Å²) in [5.41, 5.74) is 0. The molecule has 1 saturated heterocycles. The topological polar surface area (TPSA) is 65.0 Å². The largest absolute Gasteiger partial charge is 0.478 e. The van der Waals surface area contributed by atoms with Gasteiger partial charge in [0.25, 0.3) is 8.32 Å². The maximum Gasteiger partial charge on any atom is 0.328 e. The SMILES string of the molecule is C[C@@H](CCC1(/C=C/C(=O)O)OCCO1)O[Si](c1ccccc1)(c1ccccc1)C(C)(C)C. The molecule has 1 N–H and O–H groups in total. The Morgan fingerprint density at radius 1 is 1.06 bits per heavy atom. The second-order valence-corrected chi connectivity index (χ2v) is 13.6. The summed E-state index contributed by atoms with van der Waals surface area (Å²) in [7, 11) is -2.64. The first-order chi connectivity index (χ1) is 15.2. The van der Waals surface area contributed by atoms with Gasteiger partial charge in [0.2, 0.25) is 0 Å². The Labute approximate surface area is 192 Å². The zero-order valence-corrected chi connectivity index (χ0v) is 20.4. The van der Waals surface area contributed by atoms with Crippen LogP contribution in [0.1, 0.15) is 40.5 Å². The van der Waals surface area contributed by atoms with Gasteiger partial charge >= 0.3 is 5.97 Å². The van der Waals surface area contributed by atoms with Crippen LogP contribution in [0.25, 0.3) is 0 Å². The highest BCUT2D eigenvalue weighted by Gasteiger charge is 2.51. The molecule has 2 aromatic carbocycles. The summed E-state index contributed by atoms with van der Waals surface area (Å²) in [6.45, 7) is 9.76. The van der Waals surface area contributed by atoms with Crippen LogP contribution >= 0.6 is 0 Å². The van der Waals surface area contributed by atoms with E-state index in [4.69, 9.17) is 19.0 Å². The average molecular weight is 455 g/mol. The molecule has 0 aromatic heterocycles. The van der Waals surface area contributed by atoms with Crippen molar-refractivity contribution in [2.45, 2.75) is 57.5 Å². The van der Waals surface area contributed by atoms with E-state index in [0.717, 1.165) is 6.08 Å². The summed E-state index contributed by atoms with van der Waals surface area (Å²) in [4.78, 5) is 11.0. The molecular formula is C26H34O5Si. The third kappa shape index (κ3) is 5.38. The van der Waals surface area contributed by atoms with Crippen LogP contribution in [-0.4, -0.2) is 44.5 Å². The number of hydrogen-bond acceptors (Lipinski definition) is 4. The fraction of sp³-hybridized carbons (Fsp3) is 0.423. The Bertz CT molecular complexity index is 859. The predicted octanol–water partition coefficient (Wildman–Crippen LogP) is 4.12. The minimum Gasteiger partial charge on any atom is -0.478 e.